The lowest BCUT2D eigenvalue weighted by atomic mass is 10.1. The van der Waals surface area contributed by atoms with Crippen molar-refractivity contribution in [2.24, 2.45) is 0 Å². The van der Waals surface area contributed by atoms with Crippen LogP contribution in [0.15, 0.2) is 30.5 Å². The minimum Gasteiger partial charge on any atom is -0.508 e. The number of likely N-dealkylation sites (tertiary alicyclic amines) is 1. The Balaban J connectivity index is 1.74. The van der Waals surface area contributed by atoms with Gasteiger partial charge < -0.3 is 24.2 Å². The van der Waals surface area contributed by atoms with E-state index >= 15 is 0 Å². The molecule has 0 aliphatic carbocycles. The molecule has 1 N–H and O–H groups in total. The number of rotatable bonds is 6. The van der Waals surface area contributed by atoms with Crippen molar-refractivity contribution in [3.8, 4) is 11.8 Å². The van der Waals surface area contributed by atoms with Crippen LogP contribution in [-0.2, 0) is 16.0 Å². The molecule has 3 aromatic rings. The molecule has 42 heavy (non-hydrogen) atoms. The molecule has 1 aliphatic heterocycles. The fraction of sp³-hybridized carbons (Fsp3) is 0.567. The molecule has 12 heteroatoms. The number of fused-ring (bicyclic) bond motifs is 1. The second-order valence-electron chi connectivity index (χ2n) is 12.8. The number of carbonyl (C=O) groups excluding carboxylic acids is 2. The SMILES string of the molecule is CC(C)c1cnn2c(N(Cc3ccccc3O)C(=O)OC(C)(C)C)nc(O[C@@H]3CCCN(C(=O)OC(C)(C)C)C3)nc12. The molecule has 12 nitrogen and oxygen atoms in total. The van der Waals surface area contributed by atoms with E-state index in [0.29, 0.717) is 30.7 Å². The van der Waals surface area contributed by atoms with Crippen LogP contribution in [0.3, 0.4) is 0 Å². The van der Waals surface area contributed by atoms with Crippen LogP contribution in [0.2, 0.25) is 0 Å². The van der Waals surface area contributed by atoms with Gasteiger partial charge in [-0.3, -0.25) is 0 Å². The second kappa shape index (κ2) is 12.0. The summed E-state index contributed by atoms with van der Waals surface area (Å²) in [5, 5.41) is 15.0. The van der Waals surface area contributed by atoms with E-state index < -0.39 is 23.4 Å². The van der Waals surface area contributed by atoms with Crippen molar-refractivity contribution in [1.82, 2.24) is 24.5 Å². The first-order valence-electron chi connectivity index (χ1n) is 14.3. The molecular formula is C30H42N6O6. The Morgan fingerprint density at radius 3 is 2.40 bits per heavy atom. The van der Waals surface area contributed by atoms with Crippen molar-refractivity contribution in [3.05, 3.63) is 41.6 Å². The number of carbonyl (C=O) groups is 2. The predicted molar refractivity (Wildman–Crippen MR) is 157 cm³/mol. The lowest BCUT2D eigenvalue weighted by Crippen LogP contribution is -2.46. The summed E-state index contributed by atoms with van der Waals surface area (Å²) >= 11 is 0. The van der Waals surface area contributed by atoms with Crippen molar-refractivity contribution in [2.45, 2.75) is 98.0 Å². The molecule has 1 fully saturated rings. The molecule has 1 aromatic carbocycles. The molecule has 1 atom stereocenters. The number of aromatic nitrogens is 4. The van der Waals surface area contributed by atoms with Gasteiger partial charge in [-0.25, -0.2) is 14.5 Å². The highest BCUT2D eigenvalue weighted by Gasteiger charge is 2.32. The summed E-state index contributed by atoms with van der Waals surface area (Å²) in [7, 11) is 0. The maximum atomic E-state index is 13.6. The van der Waals surface area contributed by atoms with Crippen molar-refractivity contribution in [2.75, 3.05) is 18.0 Å². The Morgan fingerprint density at radius 2 is 1.76 bits per heavy atom. The van der Waals surface area contributed by atoms with Gasteiger partial charge in [0.25, 0.3) is 0 Å². The van der Waals surface area contributed by atoms with Crippen molar-refractivity contribution >= 4 is 23.8 Å². The summed E-state index contributed by atoms with van der Waals surface area (Å²) < 4.78 is 19.1. The quantitative estimate of drug-likeness (QED) is 0.390. The molecule has 0 radical (unpaired) electrons. The van der Waals surface area contributed by atoms with Crippen LogP contribution in [0.25, 0.3) is 5.65 Å². The Labute approximate surface area is 246 Å². The highest BCUT2D eigenvalue weighted by atomic mass is 16.6. The average molecular weight is 583 g/mol. The number of phenolic OH excluding ortho intramolecular Hbond substituents is 1. The lowest BCUT2D eigenvalue weighted by Gasteiger charge is -2.33. The summed E-state index contributed by atoms with van der Waals surface area (Å²) in [5.41, 5.74) is 0.417. The monoisotopic (exact) mass is 582 g/mol. The van der Waals surface area contributed by atoms with E-state index in [4.69, 9.17) is 14.2 Å². The van der Waals surface area contributed by atoms with Gasteiger partial charge >= 0.3 is 18.2 Å². The number of ether oxygens (including phenoxy) is 3. The first-order valence-corrected chi connectivity index (χ1v) is 14.3. The fourth-order valence-electron chi connectivity index (χ4n) is 4.52. The van der Waals surface area contributed by atoms with Gasteiger partial charge in [-0.1, -0.05) is 32.0 Å². The van der Waals surface area contributed by atoms with E-state index in [-0.39, 0.29) is 36.3 Å². The first kappa shape index (κ1) is 30.9. The van der Waals surface area contributed by atoms with E-state index in [2.05, 4.69) is 15.1 Å². The number of amides is 2. The number of hydrogen-bond donors (Lipinski definition) is 1. The van der Waals surface area contributed by atoms with Crippen LogP contribution in [0.5, 0.6) is 11.8 Å². The predicted octanol–water partition coefficient (Wildman–Crippen LogP) is 5.67. The van der Waals surface area contributed by atoms with Gasteiger partial charge in [-0.05, 0) is 66.4 Å². The fourth-order valence-corrected chi connectivity index (χ4v) is 4.52. The van der Waals surface area contributed by atoms with Crippen LogP contribution in [0.4, 0.5) is 15.5 Å². The number of benzene rings is 1. The first-order chi connectivity index (χ1) is 19.6. The minimum absolute atomic E-state index is 0.0283. The molecular weight excluding hydrogens is 540 g/mol. The molecule has 0 unspecified atom stereocenters. The van der Waals surface area contributed by atoms with Gasteiger partial charge in [-0.2, -0.15) is 19.6 Å². The molecule has 0 spiro atoms. The number of hydrogen-bond acceptors (Lipinski definition) is 9. The third kappa shape index (κ3) is 7.59. The molecule has 3 heterocycles. The van der Waals surface area contributed by atoms with Crippen LogP contribution < -0.4 is 9.64 Å². The van der Waals surface area contributed by atoms with Gasteiger partial charge in [0.1, 0.15) is 23.1 Å². The number of aromatic hydroxyl groups is 1. The maximum absolute atomic E-state index is 13.6. The Hall–Kier alpha value is -4.09. The van der Waals surface area contributed by atoms with Crippen LogP contribution in [-0.4, -0.2) is 72.2 Å². The summed E-state index contributed by atoms with van der Waals surface area (Å²) in [4.78, 5) is 38.6. The zero-order valence-electron chi connectivity index (χ0n) is 25.7. The van der Waals surface area contributed by atoms with Gasteiger partial charge in [0.05, 0.1) is 19.3 Å². The van der Waals surface area contributed by atoms with Gasteiger partial charge in [0, 0.05) is 17.7 Å². The summed E-state index contributed by atoms with van der Waals surface area (Å²) in [6.45, 7) is 15.7. The molecule has 1 saturated heterocycles. The van der Waals surface area contributed by atoms with E-state index in [0.717, 1.165) is 12.0 Å². The molecule has 0 saturated carbocycles. The van der Waals surface area contributed by atoms with Gasteiger partial charge in [-0.15, -0.1) is 0 Å². The van der Waals surface area contributed by atoms with E-state index in [1.54, 1.807) is 56.1 Å². The molecule has 228 valence electrons. The van der Waals surface area contributed by atoms with Crippen LogP contribution in [0.1, 0.15) is 85.3 Å². The van der Waals surface area contributed by atoms with E-state index in [9.17, 15) is 14.7 Å². The van der Waals surface area contributed by atoms with Crippen molar-refractivity contribution in [3.63, 3.8) is 0 Å². The lowest BCUT2D eigenvalue weighted by molar-refractivity contribution is 0.00657. The molecule has 4 rings (SSSR count). The van der Waals surface area contributed by atoms with Gasteiger partial charge in [0.15, 0.2) is 5.65 Å². The van der Waals surface area contributed by atoms with Crippen LogP contribution >= 0.6 is 0 Å². The highest BCUT2D eigenvalue weighted by Crippen LogP contribution is 2.29. The zero-order valence-corrected chi connectivity index (χ0v) is 25.7. The Morgan fingerprint density at radius 1 is 1.07 bits per heavy atom. The number of anilines is 1. The Bertz CT molecular complexity index is 1420. The summed E-state index contributed by atoms with van der Waals surface area (Å²) in [6, 6.07) is 6.80. The molecule has 1 aliphatic rings. The number of piperidine rings is 1. The van der Waals surface area contributed by atoms with Crippen LogP contribution in [0, 0.1) is 0 Å². The Kier molecular flexibility index (Phi) is 8.84. The molecule has 2 amide bonds. The minimum atomic E-state index is -0.792. The van der Waals surface area contributed by atoms with E-state index in [1.807, 2.05) is 34.6 Å². The maximum Gasteiger partial charge on any atom is 0.417 e. The third-order valence-corrected chi connectivity index (χ3v) is 6.46. The number of nitrogens with zero attached hydrogens (tertiary/aromatic N) is 6. The molecule has 2 aromatic heterocycles. The van der Waals surface area contributed by atoms with Crippen molar-refractivity contribution < 1.29 is 28.9 Å². The normalized spacial score (nSPS) is 16.0. The van der Waals surface area contributed by atoms with Crippen molar-refractivity contribution in [1.29, 1.82) is 0 Å². The number of phenols is 1. The number of para-hydroxylation sites is 1. The standard InChI is InChI=1S/C30H42N6O6/c1-19(2)22-16-31-36-24(22)32-25(40-21-13-11-15-34(18-21)27(38)41-29(3,4)5)33-26(36)35(28(39)42-30(6,7)8)17-20-12-9-10-14-23(20)37/h9-10,12,14,16,19,21,37H,11,13,15,17-18H2,1-8H3/t21-/m1/s1. The average Bonchev–Trinajstić information content (AvgIpc) is 3.30. The topological polar surface area (TPSA) is 132 Å². The molecule has 0 bridgehead atoms. The smallest absolute Gasteiger partial charge is 0.417 e. The van der Waals surface area contributed by atoms with E-state index in [1.165, 1.54) is 9.42 Å². The summed E-state index contributed by atoms with van der Waals surface area (Å²) in [5.74, 6) is 0.225. The third-order valence-electron chi connectivity index (χ3n) is 6.46. The highest BCUT2D eigenvalue weighted by molar-refractivity contribution is 5.86. The second-order valence-corrected chi connectivity index (χ2v) is 12.8. The van der Waals surface area contributed by atoms with Gasteiger partial charge in [0.2, 0.25) is 5.95 Å². The summed E-state index contributed by atoms with van der Waals surface area (Å²) in [6.07, 6.45) is 1.64. The zero-order chi connectivity index (χ0) is 30.8. The largest absolute Gasteiger partial charge is 0.508 e.